The van der Waals surface area contributed by atoms with Crippen LogP contribution in [0.2, 0.25) is 0 Å². The fraction of sp³-hybridized carbons (Fsp3) is 0.583. The van der Waals surface area contributed by atoms with Crippen LogP contribution in [0.3, 0.4) is 0 Å². The second-order valence-electron chi connectivity index (χ2n) is 3.70. The lowest BCUT2D eigenvalue weighted by atomic mass is 10.1. The van der Waals surface area contributed by atoms with E-state index in [9.17, 15) is 0 Å². The van der Waals surface area contributed by atoms with Gasteiger partial charge in [0.05, 0.1) is 5.69 Å². The van der Waals surface area contributed by atoms with Crippen LogP contribution in [0.5, 0.6) is 0 Å². The second kappa shape index (κ2) is 6.96. The average Bonchev–Trinajstić information content (AvgIpc) is 2.25. The van der Waals surface area contributed by atoms with Crippen LogP contribution in [-0.4, -0.2) is 11.5 Å². The Morgan fingerprint density at radius 2 is 2.13 bits per heavy atom. The quantitative estimate of drug-likeness (QED) is 0.853. The molecular weight excluding hydrogens is 252 g/mol. The summed E-state index contributed by atoms with van der Waals surface area (Å²) >= 11 is 3.40. The molecule has 84 valence electrons. The number of hydrogen-bond acceptors (Lipinski definition) is 2. The Labute approximate surface area is 101 Å². The van der Waals surface area contributed by atoms with E-state index in [1.165, 1.54) is 6.42 Å². The summed E-state index contributed by atoms with van der Waals surface area (Å²) in [4.78, 5) is 4.44. The first-order chi connectivity index (χ1) is 7.27. The van der Waals surface area contributed by atoms with E-state index in [-0.39, 0.29) is 0 Å². The normalized spacial score (nSPS) is 12.7. The number of aromatic nitrogens is 1. The van der Waals surface area contributed by atoms with Gasteiger partial charge in [-0.1, -0.05) is 20.3 Å². The van der Waals surface area contributed by atoms with Crippen LogP contribution in [0.25, 0.3) is 0 Å². The molecular formula is C12H19BrN2. The number of halogens is 1. The van der Waals surface area contributed by atoms with Crippen molar-refractivity contribution < 1.29 is 0 Å². The molecule has 3 heteroatoms. The van der Waals surface area contributed by atoms with Crippen molar-refractivity contribution in [2.45, 2.75) is 39.2 Å². The molecule has 0 saturated heterocycles. The van der Waals surface area contributed by atoms with E-state index in [0.717, 1.165) is 29.6 Å². The third-order valence-corrected chi connectivity index (χ3v) is 2.79. The Kier molecular flexibility index (Phi) is 5.88. The summed E-state index contributed by atoms with van der Waals surface area (Å²) in [6, 6.07) is 4.55. The third kappa shape index (κ3) is 4.31. The van der Waals surface area contributed by atoms with Crippen LogP contribution in [0.15, 0.2) is 22.8 Å². The molecule has 0 aliphatic rings. The summed E-state index contributed by atoms with van der Waals surface area (Å²) in [6.45, 7) is 5.45. The Morgan fingerprint density at radius 3 is 2.67 bits per heavy atom. The zero-order valence-electron chi connectivity index (χ0n) is 9.46. The lowest BCUT2D eigenvalue weighted by molar-refractivity contribution is 0.484. The highest BCUT2D eigenvalue weighted by Crippen LogP contribution is 2.18. The summed E-state index contributed by atoms with van der Waals surface area (Å²) in [5.41, 5.74) is 1.15. The maximum atomic E-state index is 4.44. The number of hydrogen-bond donors (Lipinski definition) is 1. The Morgan fingerprint density at radius 1 is 1.33 bits per heavy atom. The van der Waals surface area contributed by atoms with Gasteiger partial charge in [0, 0.05) is 16.7 Å². The highest BCUT2D eigenvalue weighted by Gasteiger charge is 2.10. The number of nitrogens with zero attached hydrogens (tertiary/aromatic N) is 1. The first-order valence-corrected chi connectivity index (χ1v) is 6.42. The first kappa shape index (κ1) is 12.7. The molecule has 2 nitrogen and oxygen atoms in total. The SMILES string of the molecule is CCCNC(CCC)c1ccc(Br)cn1. The average molecular weight is 271 g/mol. The van der Waals surface area contributed by atoms with E-state index < -0.39 is 0 Å². The molecule has 0 radical (unpaired) electrons. The monoisotopic (exact) mass is 270 g/mol. The molecule has 0 bridgehead atoms. The van der Waals surface area contributed by atoms with Gasteiger partial charge >= 0.3 is 0 Å². The lowest BCUT2D eigenvalue weighted by Crippen LogP contribution is -2.22. The van der Waals surface area contributed by atoms with Crippen molar-refractivity contribution in [3.8, 4) is 0 Å². The summed E-state index contributed by atoms with van der Waals surface area (Å²) in [5.74, 6) is 0. The molecule has 0 spiro atoms. The third-order valence-electron chi connectivity index (χ3n) is 2.33. The Bertz CT molecular complexity index is 271. The predicted octanol–water partition coefficient (Wildman–Crippen LogP) is 3.68. The van der Waals surface area contributed by atoms with Crippen molar-refractivity contribution >= 4 is 15.9 Å². The molecule has 0 aliphatic heterocycles. The minimum Gasteiger partial charge on any atom is -0.309 e. The van der Waals surface area contributed by atoms with Crippen molar-refractivity contribution in [3.05, 3.63) is 28.5 Å². The van der Waals surface area contributed by atoms with Crippen molar-refractivity contribution in [1.82, 2.24) is 10.3 Å². The van der Waals surface area contributed by atoms with Crippen LogP contribution >= 0.6 is 15.9 Å². The largest absolute Gasteiger partial charge is 0.309 e. The molecule has 1 aromatic rings. The standard InChI is InChI=1S/C12H19BrN2/c1-3-5-11(14-8-4-2)12-7-6-10(13)9-15-12/h6-7,9,11,14H,3-5,8H2,1-2H3. The molecule has 1 aromatic heterocycles. The molecule has 0 fully saturated rings. The van der Waals surface area contributed by atoms with Crippen molar-refractivity contribution in [2.75, 3.05) is 6.54 Å². The first-order valence-electron chi connectivity index (χ1n) is 5.62. The van der Waals surface area contributed by atoms with E-state index in [4.69, 9.17) is 0 Å². The van der Waals surface area contributed by atoms with Gasteiger partial charge in [-0.15, -0.1) is 0 Å². The van der Waals surface area contributed by atoms with Crippen molar-refractivity contribution in [3.63, 3.8) is 0 Å². The molecule has 0 amide bonds. The lowest BCUT2D eigenvalue weighted by Gasteiger charge is -2.17. The molecule has 0 aliphatic carbocycles. The maximum absolute atomic E-state index is 4.44. The van der Waals surface area contributed by atoms with Gasteiger partial charge in [-0.05, 0) is 47.4 Å². The van der Waals surface area contributed by atoms with Crippen LogP contribution in [-0.2, 0) is 0 Å². The summed E-state index contributed by atoms with van der Waals surface area (Å²) in [5, 5.41) is 3.53. The van der Waals surface area contributed by atoms with Gasteiger partial charge in [0.1, 0.15) is 0 Å². The van der Waals surface area contributed by atoms with Gasteiger partial charge in [0.2, 0.25) is 0 Å². The van der Waals surface area contributed by atoms with Crippen LogP contribution in [0.1, 0.15) is 44.8 Å². The van der Waals surface area contributed by atoms with Crippen molar-refractivity contribution in [2.24, 2.45) is 0 Å². The van der Waals surface area contributed by atoms with Gasteiger partial charge in [0.25, 0.3) is 0 Å². The van der Waals surface area contributed by atoms with E-state index >= 15 is 0 Å². The number of rotatable bonds is 6. The molecule has 1 atom stereocenters. The van der Waals surface area contributed by atoms with Gasteiger partial charge in [0.15, 0.2) is 0 Å². The number of pyridine rings is 1. The summed E-state index contributed by atoms with van der Waals surface area (Å²) in [6.07, 6.45) is 5.36. The fourth-order valence-corrected chi connectivity index (χ4v) is 1.79. The molecule has 1 rings (SSSR count). The smallest absolute Gasteiger partial charge is 0.0574 e. The van der Waals surface area contributed by atoms with Gasteiger partial charge in [-0.2, -0.15) is 0 Å². The fourth-order valence-electron chi connectivity index (χ4n) is 1.56. The zero-order chi connectivity index (χ0) is 11.1. The van der Waals surface area contributed by atoms with E-state index in [1.54, 1.807) is 0 Å². The summed E-state index contributed by atoms with van der Waals surface area (Å²) < 4.78 is 1.04. The molecule has 0 saturated carbocycles. The van der Waals surface area contributed by atoms with Crippen LogP contribution in [0, 0.1) is 0 Å². The maximum Gasteiger partial charge on any atom is 0.0574 e. The molecule has 1 unspecified atom stereocenters. The molecule has 1 heterocycles. The Hall–Kier alpha value is -0.410. The van der Waals surface area contributed by atoms with Crippen LogP contribution < -0.4 is 5.32 Å². The minimum absolute atomic E-state index is 0.406. The highest BCUT2D eigenvalue weighted by molar-refractivity contribution is 9.10. The topological polar surface area (TPSA) is 24.9 Å². The Balaban J connectivity index is 2.65. The van der Waals surface area contributed by atoms with E-state index in [2.05, 4.69) is 52.2 Å². The van der Waals surface area contributed by atoms with Gasteiger partial charge < -0.3 is 5.32 Å². The summed E-state index contributed by atoms with van der Waals surface area (Å²) in [7, 11) is 0. The van der Waals surface area contributed by atoms with Crippen LogP contribution in [0.4, 0.5) is 0 Å². The van der Waals surface area contributed by atoms with Gasteiger partial charge in [-0.3, -0.25) is 4.98 Å². The predicted molar refractivity (Wildman–Crippen MR) is 67.9 cm³/mol. The highest BCUT2D eigenvalue weighted by atomic mass is 79.9. The van der Waals surface area contributed by atoms with E-state index in [0.29, 0.717) is 6.04 Å². The van der Waals surface area contributed by atoms with Gasteiger partial charge in [-0.25, -0.2) is 0 Å². The number of nitrogens with one attached hydrogen (secondary N) is 1. The van der Waals surface area contributed by atoms with Crippen molar-refractivity contribution in [1.29, 1.82) is 0 Å². The molecule has 15 heavy (non-hydrogen) atoms. The second-order valence-corrected chi connectivity index (χ2v) is 4.61. The molecule has 0 aromatic carbocycles. The molecule has 1 N–H and O–H groups in total. The zero-order valence-corrected chi connectivity index (χ0v) is 11.0. The van der Waals surface area contributed by atoms with E-state index in [1.807, 2.05) is 6.20 Å². The minimum atomic E-state index is 0.406.